The van der Waals surface area contributed by atoms with Crippen LogP contribution < -0.4 is 5.32 Å². The Morgan fingerprint density at radius 3 is 2.90 bits per heavy atom. The molecule has 5 heteroatoms. The molecule has 1 atom stereocenters. The van der Waals surface area contributed by atoms with Gasteiger partial charge in [-0.15, -0.1) is 0 Å². The van der Waals surface area contributed by atoms with E-state index in [1.165, 1.54) is 0 Å². The Kier molecular flexibility index (Phi) is 4.84. The second kappa shape index (κ2) is 6.61. The van der Waals surface area contributed by atoms with Gasteiger partial charge < -0.3 is 10.4 Å². The number of hydrogen-bond acceptors (Lipinski definition) is 4. The standard InChI is InChI=1S/C15H18N2O2S/c1-3-20-9-10(2)16-14-12(15(18)19)8-11-6-4-5-7-13(11)17-14/h4-8,10H,3,9H2,1-2H3,(H,16,17)(H,18,19). The second-order valence-electron chi connectivity index (χ2n) is 4.59. The van der Waals surface area contributed by atoms with Gasteiger partial charge in [-0.2, -0.15) is 11.8 Å². The first-order chi connectivity index (χ1) is 9.61. The first-order valence-corrected chi connectivity index (χ1v) is 7.74. The average molecular weight is 290 g/mol. The van der Waals surface area contributed by atoms with Crippen molar-refractivity contribution < 1.29 is 9.90 Å². The van der Waals surface area contributed by atoms with Gasteiger partial charge in [0.25, 0.3) is 0 Å². The van der Waals surface area contributed by atoms with Crippen molar-refractivity contribution in [2.75, 3.05) is 16.8 Å². The zero-order valence-corrected chi connectivity index (χ0v) is 12.4. The number of nitrogens with one attached hydrogen (secondary N) is 1. The number of carboxylic acid groups (broad SMARTS) is 1. The van der Waals surface area contributed by atoms with Crippen LogP contribution in [0.15, 0.2) is 30.3 Å². The van der Waals surface area contributed by atoms with Crippen LogP contribution in [0.1, 0.15) is 24.2 Å². The molecular weight excluding hydrogens is 272 g/mol. The maximum absolute atomic E-state index is 11.4. The van der Waals surface area contributed by atoms with Crippen molar-refractivity contribution in [3.8, 4) is 0 Å². The highest BCUT2D eigenvalue weighted by molar-refractivity contribution is 7.99. The molecule has 2 N–H and O–H groups in total. The number of fused-ring (bicyclic) bond motifs is 1. The van der Waals surface area contributed by atoms with E-state index in [9.17, 15) is 9.90 Å². The predicted molar refractivity (Wildman–Crippen MR) is 84.8 cm³/mol. The van der Waals surface area contributed by atoms with Crippen molar-refractivity contribution in [3.63, 3.8) is 0 Å². The SMILES string of the molecule is CCSCC(C)Nc1nc2ccccc2cc1C(=O)O. The Morgan fingerprint density at radius 1 is 1.45 bits per heavy atom. The summed E-state index contributed by atoms with van der Waals surface area (Å²) in [6.07, 6.45) is 0. The zero-order chi connectivity index (χ0) is 14.5. The van der Waals surface area contributed by atoms with Crippen LogP contribution in [0.5, 0.6) is 0 Å². The number of aromatic carboxylic acids is 1. The molecule has 1 unspecified atom stereocenters. The van der Waals surface area contributed by atoms with E-state index in [1.54, 1.807) is 6.07 Å². The van der Waals surface area contributed by atoms with Crippen LogP contribution >= 0.6 is 11.8 Å². The van der Waals surface area contributed by atoms with Gasteiger partial charge in [-0.25, -0.2) is 9.78 Å². The van der Waals surface area contributed by atoms with Gasteiger partial charge in [0.05, 0.1) is 5.52 Å². The van der Waals surface area contributed by atoms with Gasteiger partial charge in [-0.3, -0.25) is 0 Å². The summed E-state index contributed by atoms with van der Waals surface area (Å²) < 4.78 is 0. The molecule has 1 heterocycles. The van der Waals surface area contributed by atoms with E-state index in [2.05, 4.69) is 17.2 Å². The van der Waals surface area contributed by atoms with Gasteiger partial charge in [-0.05, 0) is 24.8 Å². The Balaban J connectivity index is 2.34. The summed E-state index contributed by atoms with van der Waals surface area (Å²) >= 11 is 1.82. The number of carboxylic acids is 1. The first kappa shape index (κ1) is 14.7. The number of hydrogen-bond donors (Lipinski definition) is 2. The van der Waals surface area contributed by atoms with E-state index in [4.69, 9.17) is 0 Å². The molecule has 0 spiro atoms. The lowest BCUT2D eigenvalue weighted by Crippen LogP contribution is -2.21. The third kappa shape index (κ3) is 3.42. The molecule has 0 radical (unpaired) electrons. The number of benzene rings is 1. The van der Waals surface area contributed by atoms with E-state index in [1.807, 2.05) is 43.0 Å². The van der Waals surface area contributed by atoms with E-state index >= 15 is 0 Å². The van der Waals surface area contributed by atoms with Crippen molar-refractivity contribution in [1.29, 1.82) is 0 Å². The smallest absolute Gasteiger partial charge is 0.339 e. The summed E-state index contributed by atoms with van der Waals surface area (Å²) in [6.45, 7) is 4.14. The van der Waals surface area contributed by atoms with Gasteiger partial charge in [0.2, 0.25) is 0 Å². The van der Waals surface area contributed by atoms with Gasteiger partial charge in [0.1, 0.15) is 11.4 Å². The van der Waals surface area contributed by atoms with Crippen LogP contribution in [-0.2, 0) is 0 Å². The Bertz CT molecular complexity index is 616. The first-order valence-electron chi connectivity index (χ1n) is 6.59. The molecule has 0 saturated heterocycles. The number of anilines is 1. The maximum atomic E-state index is 11.4. The van der Waals surface area contributed by atoms with Crippen molar-refractivity contribution in [2.24, 2.45) is 0 Å². The highest BCUT2D eigenvalue weighted by Crippen LogP contribution is 2.21. The molecule has 1 aromatic heterocycles. The highest BCUT2D eigenvalue weighted by atomic mass is 32.2. The van der Waals surface area contributed by atoms with Crippen LogP contribution in [0, 0.1) is 0 Å². The molecule has 2 rings (SSSR count). The maximum Gasteiger partial charge on any atom is 0.339 e. The van der Waals surface area contributed by atoms with Crippen LogP contribution in [0.4, 0.5) is 5.82 Å². The molecule has 0 aliphatic rings. The predicted octanol–water partition coefficient (Wildman–Crippen LogP) is 3.49. The van der Waals surface area contributed by atoms with Crippen LogP contribution in [0.25, 0.3) is 10.9 Å². The number of rotatable bonds is 6. The quantitative estimate of drug-likeness (QED) is 0.852. The number of carbonyl (C=O) groups is 1. The van der Waals surface area contributed by atoms with Gasteiger partial charge in [0.15, 0.2) is 0 Å². The summed E-state index contributed by atoms with van der Waals surface area (Å²) in [7, 11) is 0. The minimum atomic E-state index is -0.957. The molecule has 0 fully saturated rings. The fourth-order valence-electron chi connectivity index (χ4n) is 1.96. The molecule has 0 aliphatic carbocycles. The summed E-state index contributed by atoms with van der Waals surface area (Å²) in [4.78, 5) is 15.8. The highest BCUT2D eigenvalue weighted by Gasteiger charge is 2.15. The minimum Gasteiger partial charge on any atom is -0.478 e. The van der Waals surface area contributed by atoms with Gasteiger partial charge in [0, 0.05) is 17.2 Å². The van der Waals surface area contributed by atoms with Crippen molar-refractivity contribution in [1.82, 2.24) is 4.98 Å². The fraction of sp³-hybridized carbons (Fsp3) is 0.333. The summed E-state index contributed by atoms with van der Waals surface area (Å²) in [5, 5.41) is 13.4. The largest absolute Gasteiger partial charge is 0.478 e. The lowest BCUT2D eigenvalue weighted by molar-refractivity contribution is 0.0697. The number of aromatic nitrogens is 1. The molecule has 2 aromatic rings. The Labute approximate surface area is 122 Å². The summed E-state index contributed by atoms with van der Waals surface area (Å²) in [5.41, 5.74) is 1.02. The van der Waals surface area contributed by atoms with Crippen LogP contribution in [0.2, 0.25) is 0 Å². The van der Waals surface area contributed by atoms with Crippen molar-refractivity contribution >= 4 is 34.5 Å². The topological polar surface area (TPSA) is 62.2 Å². The summed E-state index contributed by atoms with van der Waals surface area (Å²) in [5.74, 6) is 1.45. The molecule has 4 nitrogen and oxygen atoms in total. The monoisotopic (exact) mass is 290 g/mol. The third-order valence-electron chi connectivity index (χ3n) is 2.91. The molecule has 0 aliphatic heterocycles. The van der Waals surface area contributed by atoms with E-state index in [0.29, 0.717) is 5.82 Å². The van der Waals surface area contributed by atoms with E-state index in [0.717, 1.165) is 22.4 Å². The number of para-hydroxylation sites is 1. The molecule has 1 aromatic carbocycles. The molecule has 106 valence electrons. The Morgan fingerprint density at radius 2 is 2.20 bits per heavy atom. The van der Waals surface area contributed by atoms with Gasteiger partial charge in [-0.1, -0.05) is 25.1 Å². The van der Waals surface area contributed by atoms with Crippen LogP contribution in [0.3, 0.4) is 0 Å². The third-order valence-corrected chi connectivity index (χ3v) is 4.05. The van der Waals surface area contributed by atoms with E-state index in [-0.39, 0.29) is 11.6 Å². The molecule has 0 bridgehead atoms. The molecule has 0 saturated carbocycles. The van der Waals surface area contributed by atoms with Crippen molar-refractivity contribution in [3.05, 3.63) is 35.9 Å². The number of nitrogens with zero attached hydrogens (tertiary/aromatic N) is 1. The molecular formula is C15H18N2O2S. The van der Waals surface area contributed by atoms with E-state index < -0.39 is 5.97 Å². The zero-order valence-electron chi connectivity index (χ0n) is 11.6. The summed E-state index contributed by atoms with van der Waals surface area (Å²) in [6, 6.07) is 9.38. The molecule has 20 heavy (non-hydrogen) atoms. The number of pyridine rings is 1. The average Bonchev–Trinajstić information content (AvgIpc) is 2.44. The van der Waals surface area contributed by atoms with Gasteiger partial charge >= 0.3 is 5.97 Å². The lowest BCUT2D eigenvalue weighted by Gasteiger charge is -2.16. The minimum absolute atomic E-state index is 0.173. The van der Waals surface area contributed by atoms with Crippen molar-refractivity contribution in [2.45, 2.75) is 19.9 Å². The number of thioether (sulfide) groups is 1. The Hall–Kier alpha value is -1.75. The lowest BCUT2D eigenvalue weighted by atomic mass is 10.1. The fourth-order valence-corrected chi connectivity index (χ4v) is 2.63. The second-order valence-corrected chi connectivity index (χ2v) is 5.91. The van der Waals surface area contributed by atoms with Crippen LogP contribution in [-0.4, -0.2) is 33.6 Å². The normalized spacial score (nSPS) is 12.3. The molecule has 0 amide bonds.